The molecular weight excluding hydrogens is 240 g/mol. The maximum absolute atomic E-state index is 10.9. The molecule has 0 aliphatic carbocycles. The van der Waals surface area contributed by atoms with Crippen LogP contribution in [0.25, 0.3) is 0 Å². The first-order valence-corrected chi connectivity index (χ1v) is 7.06. The largest absolute Gasteiger partial charge is 0.478 e. The molecule has 2 heterocycles. The lowest BCUT2D eigenvalue weighted by Gasteiger charge is -2.23. The standard InChI is InChI=1S/C15H22N2O2/c1-3-12-5-4-7-17(8-6-12)14-11(2)9-13(10-16-14)15(18)19/h9-10,12H,3-8H2,1-2H3,(H,18,19). The Bertz CT molecular complexity index is 459. The van der Waals surface area contributed by atoms with E-state index < -0.39 is 5.97 Å². The van der Waals surface area contributed by atoms with Gasteiger partial charge in [0.05, 0.1) is 5.56 Å². The Balaban J connectivity index is 2.15. The van der Waals surface area contributed by atoms with Crippen molar-refractivity contribution < 1.29 is 9.90 Å². The zero-order chi connectivity index (χ0) is 13.8. The molecule has 0 radical (unpaired) electrons. The molecule has 1 aromatic heterocycles. The van der Waals surface area contributed by atoms with Crippen molar-refractivity contribution in [3.05, 3.63) is 23.4 Å². The van der Waals surface area contributed by atoms with Gasteiger partial charge in [-0.25, -0.2) is 9.78 Å². The number of hydrogen-bond donors (Lipinski definition) is 1. The number of pyridine rings is 1. The molecule has 19 heavy (non-hydrogen) atoms. The van der Waals surface area contributed by atoms with Gasteiger partial charge in [0, 0.05) is 19.3 Å². The molecule has 0 bridgehead atoms. The van der Waals surface area contributed by atoms with Gasteiger partial charge < -0.3 is 10.0 Å². The van der Waals surface area contributed by atoms with E-state index in [2.05, 4.69) is 16.8 Å². The normalized spacial score (nSPS) is 20.1. The highest BCUT2D eigenvalue weighted by Crippen LogP contribution is 2.25. The van der Waals surface area contributed by atoms with E-state index in [1.165, 1.54) is 31.9 Å². The van der Waals surface area contributed by atoms with Crippen molar-refractivity contribution in [2.45, 2.75) is 39.5 Å². The van der Waals surface area contributed by atoms with Crippen LogP contribution in [0.5, 0.6) is 0 Å². The second-order valence-corrected chi connectivity index (χ2v) is 5.36. The lowest BCUT2D eigenvalue weighted by Crippen LogP contribution is -2.26. The number of rotatable bonds is 3. The van der Waals surface area contributed by atoms with Crippen molar-refractivity contribution in [2.24, 2.45) is 5.92 Å². The second-order valence-electron chi connectivity index (χ2n) is 5.36. The highest BCUT2D eigenvalue weighted by Gasteiger charge is 2.18. The number of carbonyl (C=O) groups is 1. The molecular formula is C15H22N2O2. The average Bonchev–Trinajstić information content (AvgIpc) is 2.63. The fourth-order valence-corrected chi connectivity index (χ4v) is 2.80. The Labute approximate surface area is 114 Å². The molecule has 0 aromatic carbocycles. The number of nitrogens with zero attached hydrogens (tertiary/aromatic N) is 2. The molecule has 104 valence electrons. The van der Waals surface area contributed by atoms with E-state index in [0.717, 1.165) is 30.4 Å². The van der Waals surface area contributed by atoms with Crippen LogP contribution in [-0.2, 0) is 0 Å². The first kappa shape index (κ1) is 13.8. The average molecular weight is 262 g/mol. The van der Waals surface area contributed by atoms with Gasteiger partial charge in [-0.2, -0.15) is 0 Å². The molecule has 1 aliphatic rings. The molecule has 1 atom stereocenters. The van der Waals surface area contributed by atoms with Gasteiger partial charge in [0.2, 0.25) is 0 Å². The quantitative estimate of drug-likeness (QED) is 0.909. The number of aryl methyl sites for hydroxylation is 1. The number of aromatic nitrogens is 1. The molecule has 2 rings (SSSR count). The highest BCUT2D eigenvalue weighted by atomic mass is 16.4. The van der Waals surface area contributed by atoms with Crippen LogP contribution in [0.15, 0.2) is 12.3 Å². The Kier molecular flexibility index (Phi) is 4.40. The number of aromatic carboxylic acids is 1. The lowest BCUT2D eigenvalue weighted by molar-refractivity contribution is 0.0696. The maximum atomic E-state index is 10.9. The molecule has 4 heteroatoms. The second kappa shape index (κ2) is 6.04. The van der Waals surface area contributed by atoms with E-state index in [9.17, 15) is 4.79 Å². The van der Waals surface area contributed by atoms with E-state index in [1.807, 2.05) is 6.92 Å². The molecule has 0 amide bonds. The van der Waals surface area contributed by atoms with Gasteiger partial charge in [0.1, 0.15) is 5.82 Å². The van der Waals surface area contributed by atoms with Crippen molar-refractivity contribution in [2.75, 3.05) is 18.0 Å². The Morgan fingerprint density at radius 1 is 1.47 bits per heavy atom. The molecule has 4 nitrogen and oxygen atoms in total. The van der Waals surface area contributed by atoms with Crippen LogP contribution < -0.4 is 4.90 Å². The van der Waals surface area contributed by atoms with Gasteiger partial charge in [0.25, 0.3) is 0 Å². The number of hydrogen-bond acceptors (Lipinski definition) is 3. The molecule has 1 saturated heterocycles. The van der Waals surface area contributed by atoms with E-state index in [0.29, 0.717) is 0 Å². The van der Waals surface area contributed by atoms with Gasteiger partial charge in [-0.1, -0.05) is 13.3 Å². The van der Waals surface area contributed by atoms with Crippen molar-refractivity contribution in [3.8, 4) is 0 Å². The van der Waals surface area contributed by atoms with Crippen LogP contribution in [-0.4, -0.2) is 29.1 Å². The number of carboxylic acids is 1. The van der Waals surface area contributed by atoms with Crippen LogP contribution in [0.1, 0.15) is 48.5 Å². The predicted molar refractivity (Wildman–Crippen MR) is 75.8 cm³/mol. The van der Waals surface area contributed by atoms with Crippen molar-refractivity contribution >= 4 is 11.8 Å². The summed E-state index contributed by atoms with van der Waals surface area (Å²) >= 11 is 0. The Morgan fingerprint density at radius 3 is 2.89 bits per heavy atom. The summed E-state index contributed by atoms with van der Waals surface area (Å²) in [7, 11) is 0. The molecule has 0 saturated carbocycles. The molecule has 1 fully saturated rings. The fourth-order valence-electron chi connectivity index (χ4n) is 2.80. The maximum Gasteiger partial charge on any atom is 0.337 e. The molecule has 1 aliphatic heterocycles. The third kappa shape index (κ3) is 3.25. The first-order valence-electron chi connectivity index (χ1n) is 7.06. The summed E-state index contributed by atoms with van der Waals surface area (Å²) in [6, 6.07) is 1.72. The minimum absolute atomic E-state index is 0.266. The minimum Gasteiger partial charge on any atom is -0.478 e. The summed E-state index contributed by atoms with van der Waals surface area (Å²) in [5, 5.41) is 8.97. The predicted octanol–water partition coefficient (Wildman–Crippen LogP) is 3.10. The minimum atomic E-state index is -0.913. The van der Waals surface area contributed by atoms with Gasteiger partial charge >= 0.3 is 5.97 Å². The van der Waals surface area contributed by atoms with Crippen molar-refractivity contribution in [1.29, 1.82) is 0 Å². The van der Waals surface area contributed by atoms with Crippen LogP contribution >= 0.6 is 0 Å². The summed E-state index contributed by atoms with van der Waals surface area (Å²) in [6.45, 7) is 6.25. The topological polar surface area (TPSA) is 53.4 Å². The zero-order valence-corrected chi connectivity index (χ0v) is 11.7. The van der Waals surface area contributed by atoms with Crippen LogP contribution in [0.4, 0.5) is 5.82 Å². The highest BCUT2D eigenvalue weighted by molar-refractivity contribution is 5.87. The lowest BCUT2D eigenvalue weighted by atomic mass is 9.98. The zero-order valence-electron chi connectivity index (χ0n) is 11.7. The monoisotopic (exact) mass is 262 g/mol. The van der Waals surface area contributed by atoms with E-state index in [4.69, 9.17) is 5.11 Å². The smallest absolute Gasteiger partial charge is 0.337 e. The molecule has 1 unspecified atom stereocenters. The summed E-state index contributed by atoms with van der Waals surface area (Å²) in [6.07, 6.45) is 6.41. The summed E-state index contributed by atoms with van der Waals surface area (Å²) < 4.78 is 0. The Morgan fingerprint density at radius 2 is 2.26 bits per heavy atom. The summed E-state index contributed by atoms with van der Waals surface area (Å²) in [5.41, 5.74) is 1.22. The number of carboxylic acid groups (broad SMARTS) is 1. The Hall–Kier alpha value is -1.58. The van der Waals surface area contributed by atoms with Gasteiger partial charge in [-0.3, -0.25) is 0 Å². The molecule has 1 aromatic rings. The molecule has 0 spiro atoms. The molecule has 1 N–H and O–H groups in total. The van der Waals surface area contributed by atoms with Gasteiger partial charge in [-0.05, 0) is 43.7 Å². The number of anilines is 1. The van der Waals surface area contributed by atoms with E-state index in [-0.39, 0.29) is 5.56 Å². The SMILES string of the molecule is CCC1CCCN(c2ncc(C(=O)O)cc2C)CC1. The van der Waals surface area contributed by atoms with Crippen molar-refractivity contribution in [3.63, 3.8) is 0 Å². The first-order chi connectivity index (χ1) is 9.11. The fraction of sp³-hybridized carbons (Fsp3) is 0.600. The third-order valence-electron chi connectivity index (χ3n) is 4.02. The van der Waals surface area contributed by atoms with Crippen molar-refractivity contribution in [1.82, 2.24) is 4.98 Å². The van der Waals surface area contributed by atoms with Gasteiger partial charge in [0.15, 0.2) is 0 Å². The van der Waals surface area contributed by atoms with Crippen LogP contribution in [0.2, 0.25) is 0 Å². The van der Waals surface area contributed by atoms with E-state index in [1.54, 1.807) is 6.07 Å². The van der Waals surface area contributed by atoms with Crippen LogP contribution in [0, 0.1) is 12.8 Å². The third-order valence-corrected chi connectivity index (χ3v) is 4.02. The van der Waals surface area contributed by atoms with Gasteiger partial charge in [-0.15, -0.1) is 0 Å². The summed E-state index contributed by atoms with van der Waals surface area (Å²) in [5.74, 6) is 0.856. The van der Waals surface area contributed by atoms with E-state index >= 15 is 0 Å². The summed E-state index contributed by atoms with van der Waals surface area (Å²) in [4.78, 5) is 17.6. The van der Waals surface area contributed by atoms with Crippen LogP contribution in [0.3, 0.4) is 0 Å².